The molecule has 0 aliphatic carbocycles. The second-order valence-electron chi connectivity index (χ2n) is 5.42. The first kappa shape index (κ1) is 14.7. The lowest BCUT2D eigenvalue weighted by molar-refractivity contribution is 0.0658. The zero-order chi connectivity index (χ0) is 14.7. The number of likely N-dealkylation sites (N-methyl/N-ethyl adjacent to an activating group) is 1. The molecule has 1 aromatic rings. The number of hydrogen-bond donors (Lipinski definition) is 2. The number of piperazine rings is 1. The average molecular weight is 278 g/mol. The van der Waals surface area contributed by atoms with E-state index in [1.165, 1.54) is 6.20 Å². The van der Waals surface area contributed by atoms with Gasteiger partial charge in [-0.1, -0.05) is 13.8 Å². The van der Waals surface area contributed by atoms with E-state index in [0.717, 1.165) is 26.2 Å². The molecule has 2 heterocycles. The summed E-state index contributed by atoms with van der Waals surface area (Å²) in [6, 6.07) is 0. The summed E-state index contributed by atoms with van der Waals surface area (Å²) in [4.78, 5) is 22.9. The first-order valence-corrected chi connectivity index (χ1v) is 6.84. The number of amides is 1. The van der Waals surface area contributed by atoms with Crippen LogP contribution in [0.1, 0.15) is 36.1 Å². The molecule has 7 heteroatoms. The molecule has 1 aliphatic heterocycles. The lowest BCUT2D eigenvalue weighted by Crippen LogP contribution is -2.52. The Bertz CT molecular complexity index is 482. The van der Waals surface area contributed by atoms with E-state index in [1.54, 1.807) is 0 Å². The van der Waals surface area contributed by atoms with Gasteiger partial charge in [-0.3, -0.25) is 10.2 Å². The standard InChI is InChI=1S/C13H22N6O/c1-9(2)12-15-8-10(14)11(16-12)13(20)17-19-6-4-18(3)5-7-19/h8-9H,4-7,14H2,1-3H3,(H,17,20). The van der Waals surface area contributed by atoms with E-state index in [0.29, 0.717) is 11.5 Å². The molecule has 1 aliphatic rings. The van der Waals surface area contributed by atoms with Crippen molar-refractivity contribution >= 4 is 11.6 Å². The second-order valence-corrected chi connectivity index (χ2v) is 5.42. The number of nitrogens with zero attached hydrogens (tertiary/aromatic N) is 4. The van der Waals surface area contributed by atoms with Gasteiger partial charge in [-0.25, -0.2) is 15.0 Å². The van der Waals surface area contributed by atoms with Crippen LogP contribution in [0.4, 0.5) is 5.69 Å². The van der Waals surface area contributed by atoms with Crippen molar-refractivity contribution in [3.05, 3.63) is 17.7 Å². The molecule has 0 aromatic carbocycles. The van der Waals surface area contributed by atoms with Crippen LogP contribution in [0.5, 0.6) is 0 Å². The van der Waals surface area contributed by atoms with Crippen LogP contribution in [0.25, 0.3) is 0 Å². The largest absolute Gasteiger partial charge is 0.396 e. The van der Waals surface area contributed by atoms with Gasteiger partial charge >= 0.3 is 0 Å². The highest BCUT2D eigenvalue weighted by molar-refractivity contribution is 5.96. The van der Waals surface area contributed by atoms with Crippen molar-refractivity contribution in [1.29, 1.82) is 0 Å². The summed E-state index contributed by atoms with van der Waals surface area (Å²) in [5, 5.41) is 1.90. The molecule has 1 aromatic heterocycles. The van der Waals surface area contributed by atoms with Gasteiger partial charge in [0.15, 0.2) is 5.69 Å². The van der Waals surface area contributed by atoms with Gasteiger partial charge in [0, 0.05) is 32.1 Å². The lowest BCUT2D eigenvalue weighted by atomic mass is 10.2. The Hall–Kier alpha value is -1.73. The smallest absolute Gasteiger partial charge is 0.286 e. The molecule has 0 spiro atoms. The Morgan fingerprint density at radius 2 is 2.00 bits per heavy atom. The van der Waals surface area contributed by atoms with Gasteiger partial charge in [0.1, 0.15) is 5.82 Å². The van der Waals surface area contributed by atoms with Crippen LogP contribution >= 0.6 is 0 Å². The van der Waals surface area contributed by atoms with Crippen molar-refractivity contribution in [2.24, 2.45) is 0 Å². The van der Waals surface area contributed by atoms with Gasteiger partial charge in [0.25, 0.3) is 5.91 Å². The van der Waals surface area contributed by atoms with Gasteiger partial charge in [0.2, 0.25) is 0 Å². The molecular formula is C13H22N6O. The number of nitrogen functional groups attached to an aromatic ring is 1. The SMILES string of the molecule is CC(C)c1ncc(N)c(C(=O)NN2CCN(C)CC2)n1. The number of nitrogens with two attached hydrogens (primary N) is 1. The van der Waals surface area contributed by atoms with Crippen molar-refractivity contribution in [3.63, 3.8) is 0 Å². The molecule has 20 heavy (non-hydrogen) atoms. The number of hydrogen-bond acceptors (Lipinski definition) is 6. The second kappa shape index (κ2) is 6.15. The predicted molar refractivity (Wildman–Crippen MR) is 77.1 cm³/mol. The molecule has 0 saturated carbocycles. The van der Waals surface area contributed by atoms with E-state index in [4.69, 9.17) is 5.73 Å². The normalized spacial score (nSPS) is 17.4. The summed E-state index contributed by atoms with van der Waals surface area (Å²) < 4.78 is 0. The summed E-state index contributed by atoms with van der Waals surface area (Å²) in [5.74, 6) is 0.518. The van der Waals surface area contributed by atoms with E-state index in [2.05, 4.69) is 27.3 Å². The molecule has 0 unspecified atom stereocenters. The Morgan fingerprint density at radius 1 is 1.35 bits per heavy atom. The minimum absolute atomic E-state index is 0.158. The maximum atomic E-state index is 12.3. The monoisotopic (exact) mass is 278 g/mol. The fraction of sp³-hybridized carbons (Fsp3) is 0.615. The molecule has 1 fully saturated rings. The van der Waals surface area contributed by atoms with Gasteiger partial charge < -0.3 is 10.6 Å². The molecule has 7 nitrogen and oxygen atoms in total. The van der Waals surface area contributed by atoms with Crippen LogP contribution in [-0.2, 0) is 0 Å². The van der Waals surface area contributed by atoms with Gasteiger partial charge in [0.05, 0.1) is 11.9 Å². The summed E-state index contributed by atoms with van der Waals surface area (Å²) in [6.07, 6.45) is 1.50. The van der Waals surface area contributed by atoms with Crippen LogP contribution < -0.4 is 11.2 Å². The first-order valence-electron chi connectivity index (χ1n) is 6.84. The highest BCUT2D eigenvalue weighted by atomic mass is 16.2. The summed E-state index contributed by atoms with van der Waals surface area (Å²) in [6.45, 7) is 7.41. The highest BCUT2D eigenvalue weighted by Gasteiger charge is 2.20. The fourth-order valence-corrected chi connectivity index (χ4v) is 1.98. The Labute approximate surface area is 119 Å². The van der Waals surface area contributed by atoms with Crippen LogP contribution in [-0.4, -0.2) is 59.0 Å². The van der Waals surface area contributed by atoms with Crippen LogP contribution in [0.3, 0.4) is 0 Å². The summed E-state index contributed by atoms with van der Waals surface area (Å²) in [7, 11) is 2.07. The quantitative estimate of drug-likeness (QED) is 0.814. The molecule has 1 saturated heterocycles. The summed E-state index contributed by atoms with van der Waals surface area (Å²) in [5.41, 5.74) is 9.22. The number of aromatic nitrogens is 2. The minimum atomic E-state index is -0.267. The maximum absolute atomic E-state index is 12.3. The van der Waals surface area contributed by atoms with Crippen molar-refractivity contribution in [2.45, 2.75) is 19.8 Å². The number of carbonyl (C=O) groups excluding carboxylic acids is 1. The van der Waals surface area contributed by atoms with E-state index < -0.39 is 0 Å². The van der Waals surface area contributed by atoms with Crippen molar-refractivity contribution < 1.29 is 4.79 Å². The zero-order valence-electron chi connectivity index (χ0n) is 12.3. The van der Waals surface area contributed by atoms with Gasteiger partial charge in [-0.15, -0.1) is 0 Å². The summed E-state index contributed by atoms with van der Waals surface area (Å²) >= 11 is 0. The first-order chi connectivity index (χ1) is 9.47. The minimum Gasteiger partial charge on any atom is -0.396 e. The Morgan fingerprint density at radius 3 is 2.60 bits per heavy atom. The lowest BCUT2D eigenvalue weighted by Gasteiger charge is -2.32. The topological polar surface area (TPSA) is 87.4 Å². The van der Waals surface area contributed by atoms with Gasteiger partial charge in [-0.2, -0.15) is 0 Å². The van der Waals surface area contributed by atoms with Crippen LogP contribution in [0.15, 0.2) is 6.20 Å². The van der Waals surface area contributed by atoms with E-state index in [9.17, 15) is 4.79 Å². The van der Waals surface area contributed by atoms with E-state index in [-0.39, 0.29) is 17.5 Å². The zero-order valence-corrected chi connectivity index (χ0v) is 12.3. The molecule has 2 rings (SSSR count). The third kappa shape index (κ3) is 3.43. The molecule has 3 N–H and O–H groups in total. The van der Waals surface area contributed by atoms with Crippen molar-refractivity contribution in [2.75, 3.05) is 39.0 Å². The molecule has 0 atom stereocenters. The predicted octanol–water partition coefficient (Wildman–Crippen LogP) is 0.0744. The molecule has 1 amide bonds. The van der Waals surface area contributed by atoms with Crippen LogP contribution in [0, 0.1) is 0 Å². The molecular weight excluding hydrogens is 256 g/mol. The Balaban J connectivity index is 2.07. The Kier molecular flexibility index (Phi) is 4.51. The molecule has 0 radical (unpaired) electrons. The average Bonchev–Trinajstić information content (AvgIpc) is 2.41. The number of anilines is 1. The van der Waals surface area contributed by atoms with Gasteiger partial charge in [-0.05, 0) is 7.05 Å². The van der Waals surface area contributed by atoms with Crippen molar-refractivity contribution in [1.82, 2.24) is 25.3 Å². The maximum Gasteiger partial charge on any atom is 0.286 e. The third-order valence-electron chi connectivity index (χ3n) is 3.33. The number of nitrogens with one attached hydrogen (secondary N) is 1. The van der Waals surface area contributed by atoms with E-state index in [1.807, 2.05) is 18.9 Å². The highest BCUT2D eigenvalue weighted by Crippen LogP contribution is 2.13. The molecule has 0 bridgehead atoms. The fourth-order valence-electron chi connectivity index (χ4n) is 1.98. The van der Waals surface area contributed by atoms with E-state index >= 15 is 0 Å². The van der Waals surface area contributed by atoms with Crippen molar-refractivity contribution in [3.8, 4) is 0 Å². The number of rotatable bonds is 3. The van der Waals surface area contributed by atoms with Crippen LogP contribution in [0.2, 0.25) is 0 Å². The molecule has 110 valence electrons. The number of hydrazine groups is 1. The number of carbonyl (C=O) groups is 1. The third-order valence-corrected chi connectivity index (χ3v) is 3.33.